The van der Waals surface area contributed by atoms with E-state index in [2.05, 4.69) is 10.4 Å². The first-order valence-corrected chi connectivity index (χ1v) is 8.94. The summed E-state index contributed by atoms with van der Waals surface area (Å²) in [5.41, 5.74) is 0.869. The first-order chi connectivity index (χ1) is 13.7. The van der Waals surface area contributed by atoms with Gasteiger partial charge in [0.15, 0.2) is 6.61 Å². The normalized spacial score (nSPS) is 10.7. The molecule has 29 heavy (non-hydrogen) atoms. The number of rotatable bonds is 5. The fourth-order valence-electron chi connectivity index (χ4n) is 2.43. The van der Waals surface area contributed by atoms with Crippen molar-refractivity contribution >= 4 is 40.9 Å². The molecule has 0 fully saturated rings. The SMILES string of the molecule is Cc1cc(NC(=O)COC(=O)c2cc(F)c(Cl)cc2Cl)n(-c2ccc(F)cc2)n1. The zero-order valence-corrected chi connectivity index (χ0v) is 16.4. The number of nitrogens with one attached hydrogen (secondary N) is 1. The Morgan fingerprint density at radius 3 is 2.48 bits per heavy atom. The molecule has 1 aromatic heterocycles. The number of esters is 1. The number of hydrogen-bond donors (Lipinski definition) is 1. The molecule has 3 aromatic rings. The summed E-state index contributed by atoms with van der Waals surface area (Å²) in [6.07, 6.45) is 0. The predicted molar refractivity (Wildman–Crippen MR) is 104 cm³/mol. The van der Waals surface area contributed by atoms with Crippen LogP contribution in [0.5, 0.6) is 0 Å². The summed E-state index contributed by atoms with van der Waals surface area (Å²) in [7, 11) is 0. The number of carbonyl (C=O) groups excluding carboxylic acids is 2. The average Bonchev–Trinajstić information content (AvgIpc) is 3.03. The molecule has 6 nitrogen and oxygen atoms in total. The Balaban J connectivity index is 1.68. The molecule has 0 atom stereocenters. The molecule has 0 spiro atoms. The van der Waals surface area contributed by atoms with E-state index < -0.39 is 30.1 Å². The van der Waals surface area contributed by atoms with E-state index in [0.29, 0.717) is 17.2 Å². The van der Waals surface area contributed by atoms with E-state index in [9.17, 15) is 18.4 Å². The van der Waals surface area contributed by atoms with Crippen LogP contribution in [0, 0.1) is 18.6 Å². The van der Waals surface area contributed by atoms with Crippen LogP contribution in [0.2, 0.25) is 10.0 Å². The number of aromatic nitrogens is 2. The molecule has 0 bridgehead atoms. The van der Waals surface area contributed by atoms with Gasteiger partial charge in [-0.2, -0.15) is 5.10 Å². The molecule has 0 radical (unpaired) electrons. The molecular weight excluding hydrogens is 427 g/mol. The second kappa shape index (κ2) is 8.59. The maximum absolute atomic E-state index is 13.5. The molecule has 0 saturated carbocycles. The van der Waals surface area contributed by atoms with Crippen LogP contribution in [0.3, 0.4) is 0 Å². The Morgan fingerprint density at radius 2 is 1.79 bits per heavy atom. The van der Waals surface area contributed by atoms with Gasteiger partial charge in [0.05, 0.1) is 27.0 Å². The van der Waals surface area contributed by atoms with E-state index in [0.717, 1.165) is 12.1 Å². The van der Waals surface area contributed by atoms with E-state index in [-0.39, 0.29) is 15.6 Å². The number of carbonyl (C=O) groups is 2. The van der Waals surface area contributed by atoms with Crippen LogP contribution in [0.1, 0.15) is 16.1 Å². The molecule has 1 N–H and O–H groups in total. The first-order valence-electron chi connectivity index (χ1n) is 8.18. The Morgan fingerprint density at radius 1 is 1.10 bits per heavy atom. The van der Waals surface area contributed by atoms with E-state index in [1.807, 2.05) is 0 Å². The minimum absolute atomic E-state index is 0.105. The quantitative estimate of drug-likeness (QED) is 0.467. The Hall–Kier alpha value is -2.97. The second-order valence-corrected chi connectivity index (χ2v) is 6.74. The van der Waals surface area contributed by atoms with Gasteiger partial charge in [-0.3, -0.25) is 4.79 Å². The van der Waals surface area contributed by atoms with E-state index in [1.165, 1.54) is 28.9 Å². The Kier molecular flexibility index (Phi) is 6.14. The highest BCUT2D eigenvalue weighted by Crippen LogP contribution is 2.25. The molecule has 150 valence electrons. The topological polar surface area (TPSA) is 73.2 Å². The van der Waals surface area contributed by atoms with Gasteiger partial charge in [-0.05, 0) is 43.3 Å². The average molecular weight is 440 g/mol. The Labute approximate surface area is 174 Å². The number of amides is 1. The van der Waals surface area contributed by atoms with Crippen molar-refractivity contribution in [2.24, 2.45) is 0 Å². The van der Waals surface area contributed by atoms with Crippen molar-refractivity contribution in [2.75, 3.05) is 11.9 Å². The van der Waals surface area contributed by atoms with Gasteiger partial charge in [-0.1, -0.05) is 23.2 Å². The second-order valence-electron chi connectivity index (χ2n) is 5.93. The number of ether oxygens (including phenoxy) is 1. The number of benzene rings is 2. The van der Waals surface area contributed by atoms with Crippen LogP contribution in [0.25, 0.3) is 5.69 Å². The molecule has 0 aliphatic carbocycles. The summed E-state index contributed by atoms with van der Waals surface area (Å²) in [4.78, 5) is 24.2. The largest absolute Gasteiger partial charge is 0.452 e. The van der Waals surface area contributed by atoms with Gasteiger partial charge in [0, 0.05) is 6.07 Å². The molecule has 10 heteroatoms. The molecule has 1 amide bonds. The summed E-state index contributed by atoms with van der Waals surface area (Å²) in [5, 5.41) is 6.44. The van der Waals surface area contributed by atoms with Crippen molar-refractivity contribution in [2.45, 2.75) is 6.92 Å². The number of hydrogen-bond acceptors (Lipinski definition) is 4. The highest BCUT2D eigenvalue weighted by Gasteiger charge is 2.18. The lowest BCUT2D eigenvalue weighted by atomic mass is 10.2. The lowest BCUT2D eigenvalue weighted by Gasteiger charge is -2.10. The number of anilines is 1. The number of aryl methyl sites for hydroxylation is 1. The standard InChI is InChI=1S/C19H13Cl2F2N3O3/c1-10-6-17(26(25-10)12-4-2-11(22)3-5-12)24-18(27)9-29-19(28)13-7-16(23)15(21)8-14(13)20/h2-8H,9H2,1H3,(H,24,27). The molecule has 0 aliphatic rings. The van der Waals surface area contributed by atoms with Crippen molar-refractivity contribution in [1.29, 1.82) is 0 Å². The lowest BCUT2D eigenvalue weighted by Crippen LogP contribution is -2.22. The van der Waals surface area contributed by atoms with Gasteiger partial charge in [0.25, 0.3) is 5.91 Å². The third-order valence-corrected chi connectivity index (χ3v) is 4.34. The third-order valence-electron chi connectivity index (χ3n) is 3.73. The van der Waals surface area contributed by atoms with Crippen LogP contribution in [-0.2, 0) is 9.53 Å². The minimum atomic E-state index is -0.982. The maximum atomic E-state index is 13.5. The molecule has 0 unspecified atom stereocenters. The monoisotopic (exact) mass is 439 g/mol. The molecular formula is C19H13Cl2F2N3O3. The highest BCUT2D eigenvalue weighted by molar-refractivity contribution is 6.36. The number of nitrogens with zero attached hydrogens (tertiary/aromatic N) is 2. The van der Waals surface area contributed by atoms with Crippen molar-refractivity contribution in [1.82, 2.24) is 9.78 Å². The van der Waals surface area contributed by atoms with E-state index in [4.69, 9.17) is 27.9 Å². The van der Waals surface area contributed by atoms with Gasteiger partial charge in [0.1, 0.15) is 17.5 Å². The van der Waals surface area contributed by atoms with Gasteiger partial charge in [-0.15, -0.1) is 0 Å². The molecule has 0 aliphatic heterocycles. The van der Waals surface area contributed by atoms with Crippen molar-refractivity contribution in [3.8, 4) is 5.69 Å². The summed E-state index contributed by atoms with van der Waals surface area (Å²) in [6.45, 7) is 1.07. The summed E-state index contributed by atoms with van der Waals surface area (Å²) < 4.78 is 32.9. The fraction of sp³-hybridized carbons (Fsp3) is 0.105. The summed E-state index contributed by atoms with van der Waals surface area (Å²) in [6, 6.07) is 9.00. The lowest BCUT2D eigenvalue weighted by molar-refractivity contribution is -0.119. The molecule has 0 saturated heterocycles. The van der Waals surface area contributed by atoms with Gasteiger partial charge >= 0.3 is 5.97 Å². The minimum Gasteiger partial charge on any atom is -0.452 e. The van der Waals surface area contributed by atoms with Gasteiger partial charge < -0.3 is 10.1 Å². The van der Waals surface area contributed by atoms with Crippen molar-refractivity contribution < 1.29 is 23.1 Å². The van der Waals surface area contributed by atoms with Crippen LogP contribution in [0.4, 0.5) is 14.6 Å². The highest BCUT2D eigenvalue weighted by atomic mass is 35.5. The molecule has 3 rings (SSSR count). The molecule has 1 heterocycles. The van der Waals surface area contributed by atoms with Crippen LogP contribution in [0.15, 0.2) is 42.5 Å². The van der Waals surface area contributed by atoms with Crippen LogP contribution in [-0.4, -0.2) is 28.3 Å². The summed E-state index contributed by atoms with van der Waals surface area (Å²) in [5.74, 6) is -2.60. The third kappa shape index (κ3) is 4.90. The first kappa shape index (κ1) is 20.8. The smallest absolute Gasteiger partial charge is 0.340 e. The fourth-order valence-corrected chi connectivity index (χ4v) is 2.89. The van der Waals surface area contributed by atoms with Gasteiger partial charge in [0.2, 0.25) is 0 Å². The van der Waals surface area contributed by atoms with E-state index in [1.54, 1.807) is 13.0 Å². The zero-order chi connectivity index (χ0) is 21.1. The zero-order valence-electron chi connectivity index (χ0n) is 14.9. The number of halogens is 4. The molecule has 2 aromatic carbocycles. The van der Waals surface area contributed by atoms with Crippen LogP contribution >= 0.6 is 23.2 Å². The van der Waals surface area contributed by atoms with E-state index >= 15 is 0 Å². The van der Waals surface area contributed by atoms with Crippen LogP contribution < -0.4 is 5.32 Å². The van der Waals surface area contributed by atoms with Crippen molar-refractivity contribution in [3.05, 3.63) is 75.4 Å². The Bertz CT molecular complexity index is 1090. The summed E-state index contributed by atoms with van der Waals surface area (Å²) >= 11 is 11.4. The maximum Gasteiger partial charge on any atom is 0.340 e. The van der Waals surface area contributed by atoms with Crippen molar-refractivity contribution in [3.63, 3.8) is 0 Å². The predicted octanol–water partition coefficient (Wildman–Crippen LogP) is 4.56. The van der Waals surface area contributed by atoms with Gasteiger partial charge in [-0.25, -0.2) is 18.3 Å².